The number of amidine groups is 1. The van der Waals surface area contributed by atoms with Crippen molar-refractivity contribution in [2.24, 2.45) is 4.99 Å². The van der Waals surface area contributed by atoms with E-state index in [1.54, 1.807) is 36.3 Å². The number of hydrogen-bond donors (Lipinski definition) is 1. The van der Waals surface area contributed by atoms with Crippen molar-refractivity contribution in [2.45, 2.75) is 25.0 Å². The second-order valence-corrected chi connectivity index (χ2v) is 9.62. The summed E-state index contributed by atoms with van der Waals surface area (Å²) < 4.78 is 18.6. The van der Waals surface area contributed by atoms with Gasteiger partial charge in [-0.2, -0.15) is 0 Å². The number of benzene rings is 3. The Bertz CT molecular complexity index is 1310. The molecule has 1 atom stereocenters. The number of amides is 2. The van der Waals surface area contributed by atoms with E-state index in [1.807, 2.05) is 24.3 Å². The molecule has 0 bridgehead atoms. The first kappa shape index (κ1) is 26.1. The van der Waals surface area contributed by atoms with Gasteiger partial charge in [-0.15, -0.1) is 0 Å². The van der Waals surface area contributed by atoms with Gasteiger partial charge >= 0.3 is 0 Å². The molecule has 1 aliphatic heterocycles. The maximum Gasteiger partial charge on any atom is 0.238 e. The fourth-order valence-electron chi connectivity index (χ4n) is 3.73. The number of nitrogens with one attached hydrogen (secondary N) is 1. The number of ketones is 1. The zero-order valence-corrected chi connectivity index (χ0v) is 21.3. The van der Waals surface area contributed by atoms with E-state index < -0.39 is 5.25 Å². The summed E-state index contributed by atoms with van der Waals surface area (Å²) in [7, 11) is 1.60. The van der Waals surface area contributed by atoms with Gasteiger partial charge in [-0.1, -0.05) is 23.9 Å². The van der Waals surface area contributed by atoms with E-state index in [9.17, 15) is 18.8 Å². The lowest BCUT2D eigenvalue weighted by atomic mass is 10.1. The molecule has 1 saturated heterocycles. The Kier molecular flexibility index (Phi) is 8.35. The van der Waals surface area contributed by atoms with Gasteiger partial charge in [0, 0.05) is 24.2 Å². The first-order chi connectivity index (χ1) is 17.8. The summed E-state index contributed by atoms with van der Waals surface area (Å²) in [5, 5.41) is 2.50. The van der Waals surface area contributed by atoms with Gasteiger partial charge in [-0.05, 0) is 79.6 Å². The molecule has 7 nitrogen and oxygen atoms in total. The average molecular weight is 520 g/mol. The van der Waals surface area contributed by atoms with Crippen molar-refractivity contribution >= 4 is 45.9 Å². The number of carbonyl (C=O) groups excluding carboxylic acids is 3. The highest BCUT2D eigenvalue weighted by molar-refractivity contribution is 8.15. The van der Waals surface area contributed by atoms with Crippen LogP contribution in [0, 0.1) is 5.82 Å². The quantitative estimate of drug-likeness (QED) is 0.411. The lowest BCUT2D eigenvalue weighted by Crippen LogP contribution is -2.46. The Morgan fingerprint density at radius 1 is 1.05 bits per heavy atom. The Balaban J connectivity index is 1.52. The van der Waals surface area contributed by atoms with Crippen LogP contribution < -0.4 is 10.1 Å². The monoisotopic (exact) mass is 519 g/mol. The normalized spacial score (nSPS) is 16.5. The van der Waals surface area contributed by atoms with E-state index in [0.29, 0.717) is 35.1 Å². The molecule has 0 saturated carbocycles. The van der Waals surface area contributed by atoms with Gasteiger partial charge in [0.05, 0.1) is 12.8 Å². The Labute approximate surface area is 218 Å². The molecule has 2 amide bonds. The molecular formula is C28H26FN3O4S. The molecular weight excluding hydrogens is 493 g/mol. The fourth-order valence-corrected chi connectivity index (χ4v) is 4.86. The molecule has 1 aliphatic rings. The van der Waals surface area contributed by atoms with Crippen molar-refractivity contribution in [3.63, 3.8) is 0 Å². The number of nitrogens with zero attached hydrogens (tertiary/aromatic N) is 2. The molecule has 190 valence electrons. The topological polar surface area (TPSA) is 88.1 Å². The number of methoxy groups -OCH3 is 1. The largest absolute Gasteiger partial charge is 0.497 e. The molecule has 9 heteroatoms. The van der Waals surface area contributed by atoms with E-state index in [0.717, 1.165) is 11.3 Å². The van der Waals surface area contributed by atoms with Crippen LogP contribution in [0.3, 0.4) is 0 Å². The number of hydrogen-bond acceptors (Lipinski definition) is 6. The van der Waals surface area contributed by atoms with E-state index in [-0.39, 0.29) is 29.8 Å². The van der Waals surface area contributed by atoms with Gasteiger partial charge in [0.2, 0.25) is 11.8 Å². The Hall–Kier alpha value is -3.98. The molecule has 0 unspecified atom stereocenters. The SMILES string of the molecule is COc1ccc(CCN2C(=O)C[C@@H](C(=O)Nc3ccc(C(C)=O)cc3)SC2=Nc2ccc(F)cc2)cc1. The van der Waals surface area contributed by atoms with Crippen molar-refractivity contribution in [1.82, 2.24) is 4.90 Å². The van der Waals surface area contributed by atoms with Crippen LogP contribution in [0.2, 0.25) is 0 Å². The number of carbonyl (C=O) groups is 3. The molecule has 4 rings (SSSR count). The molecule has 3 aromatic carbocycles. The predicted octanol–water partition coefficient (Wildman–Crippen LogP) is 5.24. The summed E-state index contributed by atoms with van der Waals surface area (Å²) in [5.74, 6) is -0.268. The van der Waals surface area contributed by atoms with E-state index >= 15 is 0 Å². The molecule has 0 radical (unpaired) electrons. The number of ether oxygens (including phenoxy) is 1. The smallest absolute Gasteiger partial charge is 0.238 e. The number of rotatable bonds is 8. The zero-order valence-electron chi connectivity index (χ0n) is 20.4. The van der Waals surface area contributed by atoms with Gasteiger partial charge in [0.1, 0.15) is 16.8 Å². The van der Waals surface area contributed by atoms with Gasteiger partial charge in [-0.3, -0.25) is 19.3 Å². The zero-order chi connectivity index (χ0) is 26.4. The van der Waals surface area contributed by atoms with Crippen molar-refractivity contribution in [1.29, 1.82) is 0 Å². The summed E-state index contributed by atoms with van der Waals surface area (Å²) in [5.41, 5.74) is 2.57. The Morgan fingerprint density at radius 2 is 1.73 bits per heavy atom. The van der Waals surface area contributed by atoms with Gasteiger partial charge in [0.15, 0.2) is 11.0 Å². The van der Waals surface area contributed by atoms with Crippen LogP contribution in [-0.4, -0.2) is 46.6 Å². The summed E-state index contributed by atoms with van der Waals surface area (Å²) in [6.07, 6.45) is 0.588. The van der Waals surface area contributed by atoms with Gasteiger partial charge in [-0.25, -0.2) is 9.38 Å². The number of thioether (sulfide) groups is 1. The summed E-state index contributed by atoms with van der Waals surface area (Å²) in [6, 6.07) is 19.8. The molecule has 3 aromatic rings. The summed E-state index contributed by atoms with van der Waals surface area (Å²) >= 11 is 1.19. The van der Waals surface area contributed by atoms with E-state index in [2.05, 4.69) is 10.3 Å². The standard InChI is InChI=1S/C28H26FN3O4S/c1-18(33)20-5-9-22(10-6-20)30-27(35)25-17-26(34)32(16-15-19-3-13-24(36-2)14-4-19)28(37-25)31-23-11-7-21(29)8-12-23/h3-14,25H,15-17H2,1-2H3,(H,30,35)/t25-/m0/s1. The molecule has 1 N–H and O–H groups in total. The number of aliphatic imine (C=N–C) groups is 1. The van der Waals surface area contributed by atoms with Gasteiger partial charge < -0.3 is 10.1 Å². The summed E-state index contributed by atoms with van der Waals surface area (Å²) in [4.78, 5) is 43.9. The highest BCUT2D eigenvalue weighted by Gasteiger charge is 2.35. The number of Topliss-reactive ketones (excluding diaryl/α,β-unsaturated/α-hetero) is 1. The number of halogens is 1. The van der Waals surface area contributed by atoms with Crippen molar-refractivity contribution in [2.75, 3.05) is 19.0 Å². The minimum absolute atomic E-state index is 0.00702. The molecule has 0 aromatic heterocycles. The first-order valence-corrected chi connectivity index (χ1v) is 12.6. The molecule has 1 fully saturated rings. The van der Waals surface area contributed by atoms with Crippen LogP contribution in [0.15, 0.2) is 77.8 Å². The minimum atomic E-state index is -0.698. The average Bonchev–Trinajstić information content (AvgIpc) is 2.90. The van der Waals surface area contributed by atoms with E-state index in [4.69, 9.17) is 4.74 Å². The molecule has 37 heavy (non-hydrogen) atoms. The number of anilines is 1. The second-order valence-electron chi connectivity index (χ2n) is 8.45. The minimum Gasteiger partial charge on any atom is -0.497 e. The van der Waals surface area contributed by atoms with E-state index in [1.165, 1.54) is 43.0 Å². The maximum absolute atomic E-state index is 13.4. The third kappa shape index (κ3) is 6.83. The Morgan fingerprint density at radius 3 is 2.35 bits per heavy atom. The molecule has 1 heterocycles. The second kappa shape index (κ2) is 11.8. The highest BCUT2D eigenvalue weighted by Crippen LogP contribution is 2.30. The van der Waals surface area contributed by atoms with Crippen LogP contribution in [0.4, 0.5) is 15.8 Å². The van der Waals surface area contributed by atoms with Crippen LogP contribution in [-0.2, 0) is 16.0 Å². The van der Waals surface area contributed by atoms with Crippen LogP contribution in [0.5, 0.6) is 5.75 Å². The molecule has 0 aliphatic carbocycles. The predicted molar refractivity (Wildman–Crippen MR) is 143 cm³/mol. The van der Waals surface area contributed by atoms with Gasteiger partial charge in [0.25, 0.3) is 0 Å². The third-order valence-corrected chi connectivity index (χ3v) is 7.01. The lowest BCUT2D eigenvalue weighted by molar-refractivity contribution is -0.129. The maximum atomic E-state index is 13.4. The van der Waals surface area contributed by atoms with Crippen LogP contribution in [0.25, 0.3) is 0 Å². The van der Waals surface area contributed by atoms with Crippen molar-refractivity contribution in [3.8, 4) is 5.75 Å². The highest BCUT2D eigenvalue weighted by atomic mass is 32.2. The van der Waals surface area contributed by atoms with Crippen LogP contribution >= 0.6 is 11.8 Å². The molecule has 0 spiro atoms. The first-order valence-electron chi connectivity index (χ1n) is 11.7. The van der Waals surface area contributed by atoms with Crippen molar-refractivity contribution < 1.29 is 23.5 Å². The van der Waals surface area contributed by atoms with Crippen LogP contribution in [0.1, 0.15) is 29.3 Å². The summed E-state index contributed by atoms with van der Waals surface area (Å²) in [6.45, 7) is 1.85. The fraction of sp³-hybridized carbons (Fsp3) is 0.214. The third-order valence-electron chi connectivity index (χ3n) is 5.83. The van der Waals surface area contributed by atoms with Crippen molar-refractivity contribution in [3.05, 3.63) is 89.7 Å². The lowest BCUT2D eigenvalue weighted by Gasteiger charge is -2.32.